The zero-order valence-corrected chi connectivity index (χ0v) is 15.7. The molecule has 0 saturated carbocycles. The number of anilines is 2. The van der Waals surface area contributed by atoms with Crippen LogP contribution >= 0.6 is 0 Å². The Balaban J connectivity index is 1.40. The monoisotopic (exact) mass is 361 g/mol. The fraction of sp³-hybridized carbons (Fsp3) is 0.381. The second-order valence-corrected chi connectivity index (χ2v) is 7.61. The number of aryl methyl sites for hydroxylation is 2. The minimum Gasteiger partial charge on any atom is -0.356 e. The fourth-order valence-corrected chi connectivity index (χ4v) is 4.38. The molecule has 1 atom stereocenters. The highest BCUT2D eigenvalue weighted by atomic mass is 16.2. The van der Waals surface area contributed by atoms with Crippen LogP contribution in [0.15, 0.2) is 36.4 Å². The highest BCUT2D eigenvalue weighted by Gasteiger charge is 2.35. The SMILES string of the molecule is Cc1cc(N2CCC(C(=O)N3CCc4ccccc43)C2)n2nc(C)cc2n1. The quantitative estimate of drug-likeness (QED) is 0.704. The van der Waals surface area contributed by atoms with E-state index in [9.17, 15) is 4.79 Å². The Labute approximate surface area is 158 Å². The van der Waals surface area contributed by atoms with E-state index >= 15 is 0 Å². The third-order valence-electron chi connectivity index (χ3n) is 5.67. The van der Waals surface area contributed by atoms with Gasteiger partial charge in [0.2, 0.25) is 5.91 Å². The number of para-hydroxylation sites is 1. The van der Waals surface area contributed by atoms with E-state index in [0.717, 1.165) is 61.0 Å². The smallest absolute Gasteiger partial charge is 0.231 e. The van der Waals surface area contributed by atoms with Gasteiger partial charge in [-0.1, -0.05) is 18.2 Å². The zero-order chi connectivity index (χ0) is 18.5. The van der Waals surface area contributed by atoms with Gasteiger partial charge in [0, 0.05) is 43.1 Å². The van der Waals surface area contributed by atoms with E-state index in [-0.39, 0.29) is 11.8 Å². The normalized spacial score (nSPS) is 19.1. The highest BCUT2D eigenvalue weighted by molar-refractivity contribution is 5.97. The predicted octanol–water partition coefficient (Wildman–Crippen LogP) is 2.76. The van der Waals surface area contributed by atoms with Crippen molar-refractivity contribution in [3.8, 4) is 0 Å². The van der Waals surface area contributed by atoms with Crippen LogP contribution in [0.3, 0.4) is 0 Å². The van der Waals surface area contributed by atoms with E-state index in [1.807, 2.05) is 41.5 Å². The van der Waals surface area contributed by atoms with Crippen molar-refractivity contribution < 1.29 is 4.79 Å². The molecule has 27 heavy (non-hydrogen) atoms. The number of hydrogen-bond acceptors (Lipinski definition) is 4. The summed E-state index contributed by atoms with van der Waals surface area (Å²) in [4.78, 5) is 22.0. The van der Waals surface area contributed by atoms with Crippen molar-refractivity contribution in [1.29, 1.82) is 0 Å². The molecule has 3 aromatic rings. The number of carbonyl (C=O) groups excluding carboxylic acids is 1. The summed E-state index contributed by atoms with van der Waals surface area (Å²) in [5.74, 6) is 1.31. The molecule has 2 aromatic heterocycles. The van der Waals surface area contributed by atoms with Crippen molar-refractivity contribution in [2.24, 2.45) is 5.92 Å². The second-order valence-electron chi connectivity index (χ2n) is 7.61. The lowest BCUT2D eigenvalue weighted by molar-refractivity contribution is -0.121. The van der Waals surface area contributed by atoms with Crippen LogP contribution in [0.1, 0.15) is 23.4 Å². The Bertz CT molecular complexity index is 1040. The minimum absolute atomic E-state index is 0.0244. The molecule has 6 nitrogen and oxygen atoms in total. The van der Waals surface area contributed by atoms with Crippen LogP contribution in [-0.4, -0.2) is 40.1 Å². The van der Waals surface area contributed by atoms with Gasteiger partial charge in [-0.15, -0.1) is 0 Å². The Morgan fingerprint density at radius 3 is 2.85 bits per heavy atom. The van der Waals surface area contributed by atoms with E-state index in [1.165, 1.54) is 5.56 Å². The van der Waals surface area contributed by atoms with E-state index in [1.54, 1.807) is 0 Å². The molecule has 0 radical (unpaired) electrons. The molecule has 1 amide bonds. The maximum absolute atomic E-state index is 13.2. The van der Waals surface area contributed by atoms with Gasteiger partial charge in [0.1, 0.15) is 5.82 Å². The number of amides is 1. The maximum Gasteiger partial charge on any atom is 0.231 e. The molecule has 0 N–H and O–H groups in total. The molecule has 4 heterocycles. The molecule has 2 aliphatic rings. The Hall–Kier alpha value is -2.89. The first-order valence-corrected chi connectivity index (χ1v) is 9.58. The van der Waals surface area contributed by atoms with Crippen LogP contribution in [0.25, 0.3) is 5.65 Å². The molecule has 5 rings (SSSR count). The van der Waals surface area contributed by atoms with Gasteiger partial charge in [0.25, 0.3) is 0 Å². The summed E-state index contributed by atoms with van der Waals surface area (Å²) < 4.78 is 1.90. The standard InChI is InChI=1S/C21H23N5O/c1-14-12-20(26-19(22-14)11-15(2)23-26)24-9-7-17(13-24)21(27)25-10-8-16-5-3-4-6-18(16)25/h3-6,11-12,17H,7-10,13H2,1-2H3. The molecule has 1 aromatic carbocycles. The average molecular weight is 361 g/mol. The summed E-state index contributed by atoms with van der Waals surface area (Å²) in [6.45, 7) is 6.38. The van der Waals surface area contributed by atoms with Gasteiger partial charge in [0.05, 0.1) is 11.6 Å². The van der Waals surface area contributed by atoms with E-state index in [0.29, 0.717) is 0 Å². The average Bonchev–Trinajstić information content (AvgIpc) is 3.37. The third kappa shape index (κ3) is 2.67. The van der Waals surface area contributed by atoms with Gasteiger partial charge < -0.3 is 9.80 Å². The number of carbonyl (C=O) groups is 1. The molecule has 1 unspecified atom stereocenters. The predicted molar refractivity (Wildman–Crippen MR) is 105 cm³/mol. The lowest BCUT2D eigenvalue weighted by atomic mass is 10.1. The first-order valence-electron chi connectivity index (χ1n) is 9.58. The van der Waals surface area contributed by atoms with Gasteiger partial charge >= 0.3 is 0 Å². The summed E-state index contributed by atoms with van der Waals surface area (Å²) in [5.41, 5.74) is 5.16. The van der Waals surface area contributed by atoms with Gasteiger partial charge in [-0.05, 0) is 38.3 Å². The zero-order valence-electron chi connectivity index (χ0n) is 15.7. The summed E-state index contributed by atoms with van der Waals surface area (Å²) in [6.07, 6.45) is 1.83. The lowest BCUT2D eigenvalue weighted by Gasteiger charge is -2.23. The van der Waals surface area contributed by atoms with Crippen molar-refractivity contribution >= 4 is 23.1 Å². The summed E-state index contributed by atoms with van der Waals surface area (Å²) in [5, 5.41) is 4.59. The lowest BCUT2D eigenvalue weighted by Crippen LogP contribution is -2.36. The summed E-state index contributed by atoms with van der Waals surface area (Å²) in [6, 6.07) is 12.3. The van der Waals surface area contributed by atoms with Crippen LogP contribution in [0, 0.1) is 19.8 Å². The van der Waals surface area contributed by atoms with Crippen LogP contribution < -0.4 is 9.80 Å². The molecular formula is C21H23N5O. The summed E-state index contributed by atoms with van der Waals surface area (Å²) >= 11 is 0. The Morgan fingerprint density at radius 1 is 1.11 bits per heavy atom. The van der Waals surface area contributed by atoms with E-state index in [4.69, 9.17) is 0 Å². The number of rotatable bonds is 2. The fourth-order valence-electron chi connectivity index (χ4n) is 4.38. The third-order valence-corrected chi connectivity index (χ3v) is 5.67. The van der Waals surface area contributed by atoms with Crippen LogP contribution in [-0.2, 0) is 11.2 Å². The molecule has 0 spiro atoms. The van der Waals surface area contributed by atoms with Gasteiger partial charge in [-0.2, -0.15) is 9.61 Å². The molecule has 0 aliphatic carbocycles. The Morgan fingerprint density at radius 2 is 1.96 bits per heavy atom. The van der Waals surface area contributed by atoms with Crippen LogP contribution in [0.2, 0.25) is 0 Å². The molecule has 2 aliphatic heterocycles. The molecule has 6 heteroatoms. The van der Waals surface area contributed by atoms with Crippen molar-refractivity contribution in [3.05, 3.63) is 53.3 Å². The first kappa shape index (κ1) is 16.3. The number of hydrogen-bond donors (Lipinski definition) is 0. The maximum atomic E-state index is 13.2. The van der Waals surface area contributed by atoms with Crippen molar-refractivity contribution in [1.82, 2.24) is 14.6 Å². The Kier molecular flexibility index (Phi) is 3.67. The molecule has 138 valence electrons. The van der Waals surface area contributed by atoms with Crippen molar-refractivity contribution in [2.75, 3.05) is 29.4 Å². The van der Waals surface area contributed by atoms with Gasteiger partial charge in [-0.25, -0.2) is 4.98 Å². The first-order chi connectivity index (χ1) is 13.1. The van der Waals surface area contributed by atoms with Gasteiger partial charge in [-0.3, -0.25) is 4.79 Å². The highest BCUT2D eigenvalue weighted by Crippen LogP contribution is 2.32. The van der Waals surface area contributed by atoms with Crippen LogP contribution in [0.4, 0.5) is 11.5 Å². The molecule has 1 saturated heterocycles. The number of fused-ring (bicyclic) bond motifs is 2. The topological polar surface area (TPSA) is 53.7 Å². The van der Waals surface area contributed by atoms with Crippen molar-refractivity contribution in [3.63, 3.8) is 0 Å². The number of aromatic nitrogens is 3. The van der Waals surface area contributed by atoms with E-state index < -0.39 is 0 Å². The number of benzene rings is 1. The molecule has 0 bridgehead atoms. The van der Waals surface area contributed by atoms with E-state index in [2.05, 4.69) is 33.2 Å². The molecule has 1 fully saturated rings. The second kappa shape index (κ2) is 6.08. The van der Waals surface area contributed by atoms with Gasteiger partial charge in [0.15, 0.2) is 5.65 Å². The van der Waals surface area contributed by atoms with Crippen molar-refractivity contribution in [2.45, 2.75) is 26.7 Å². The van der Waals surface area contributed by atoms with Crippen LogP contribution in [0.5, 0.6) is 0 Å². The number of nitrogens with zero attached hydrogens (tertiary/aromatic N) is 5. The summed E-state index contributed by atoms with van der Waals surface area (Å²) in [7, 11) is 0. The molecular weight excluding hydrogens is 338 g/mol. The largest absolute Gasteiger partial charge is 0.356 e. The minimum atomic E-state index is 0.0244.